The molecule has 0 atom stereocenters. The molecule has 124 valence electrons. The molecule has 0 aliphatic heterocycles. The van der Waals surface area contributed by atoms with Gasteiger partial charge < -0.3 is 10.2 Å². The Morgan fingerprint density at radius 3 is 2.33 bits per heavy atom. The van der Waals surface area contributed by atoms with Crippen LogP contribution >= 0.6 is 0 Å². The Morgan fingerprint density at radius 1 is 1.00 bits per heavy atom. The Hall–Kier alpha value is -2.95. The fraction of sp³-hybridized carbons (Fsp3) is 0.211. The molecule has 2 rings (SSSR count). The Morgan fingerprint density at radius 2 is 1.71 bits per heavy atom. The van der Waals surface area contributed by atoms with Gasteiger partial charge in [0.1, 0.15) is 6.42 Å². The van der Waals surface area contributed by atoms with Gasteiger partial charge in [-0.05, 0) is 38.1 Å². The lowest BCUT2D eigenvalue weighted by Gasteiger charge is -2.20. The van der Waals surface area contributed by atoms with Gasteiger partial charge in [0, 0.05) is 23.5 Å². The van der Waals surface area contributed by atoms with Crippen LogP contribution in [0.15, 0.2) is 54.6 Å². The van der Waals surface area contributed by atoms with Crippen LogP contribution in [0.3, 0.4) is 0 Å². The van der Waals surface area contributed by atoms with E-state index in [1.165, 1.54) is 6.92 Å². The highest BCUT2D eigenvalue weighted by Gasteiger charge is 2.17. The quantitative estimate of drug-likeness (QED) is 0.655. The summed E-state index contributed by atoms with van der Waals surface area (Å²) < 4.78 is 0. The van der Waals surface area contributed by atoms with E-state index in [1.54, 1.807) is 29.2 Å². The van der Waals surface area contributed by atoms with Gasteiger partial charge in [-0.3, -0.25) is 14.4 Å². The summed E-state index contributed by atoms with van der Waals surface area (Å²) in [5.74, 6) is -0.762. The fourth-order valence-corrected chi connectivity index (χ4v) is 2.36. The van der Waals surface area contributed by atoms with Gasteiger partial charge in [-0.1, -0.05) is 30.3 Å². The molecule has 24 heavy (non-hydrogen) atoms. The van der Waals surface area contributed by atoms with Crippen LogP contribution in [0.25, 0.3) is 0 Å². The third-order valence-electron chi connectivity index (χ3n) is 3.55. The highest BCUT2D eigenvalue weighted by molar-refractivity contribution is 6.09. The van der Waals surface area contributed by atoms with Crippen molar-refractivity contribution in [2.24, 2.45) is 0 Å². The number of benzene rings is 2. The van der Waals surface area contributed by atoms with Gasteiger partial charge in [0.25, 0.3) is 0 Å². The molecule has 0 heterocycles. The molecule has 0 radical (unpaired) electrons. The third kappa shape index (κ3) is 4.52. The van der Waals surface area contributed by atoms with Crippen molar-refractivity contribution >= 4 is 29.0 Å². The van der Waals surface area contributed by atoms with E-state index in [4.69, 9.17) is 0 Å². The zero-order chi connectivity index (χ0) is 17.5. The largest absolute Gasteiger partial charge is 0.326 e. The molecule has 0 saturated carbocycles. The van der Waals surface area contributed by atoms with Crippen LogP contribution in [0.2, 0.25) is 0 Å². The van der Waals surface area contributed by atoms with Crippen molar-refractivity contribution in [1.29, 1.82) is 0 Å². The van der Waals surface area contributed by atoms with Crippen molar-refractivity contribution in [3.63, 3.8) is 0 Å². The van der Waals surface area contributed by atoms with Crippen molar-refractivity contribution < 1.29 is 14.4 Å². The number of Topliss-reactive ketones (excluding diaryl/α,β-unsaturated/α-hetero) is 1. The van der Waals surface area contributed by atoms with E-state index >= 15 is 0 Å². The SMILES string of the molecule is CCN(C(=O)CC(=O)Nc1cccc(C(C)=O)c1)c1ccccc1. The van der Waals surface area contributed by atoms with Crippen molar-refractivity contribution in [3.8, 4) is 0 Å². The summed E-state index contributed by atoms with van der Waals surface area (Å²) >= 11 is 0. The molecular formula is C19H20N2O3. The molecule has 0 unspecified atom stereocenters. The van der Waals surface area contributed by atoms with Crippen molar-refractivity contribution in [2.75, 3.05) is 16.8 Å². The Bertz CT molecular complexity index is 741. The molecule has 0 bridgehead atoms. The van der Waals surface area contributed by atoms with Crippen LogP contribution in [-0.2, 0) is 9.59 Å². The number of anilines is 2. The normalized spacial score (nSPS) is 10.1. The summed E-state index contributed by atoms with van der Waals surface area (Å²) in [6, 6.07) is 15.9. The highest BCUT2D eigenvalue weighted by Crippen LogP contribution is 2.15. The van der Waals surface area contributed by atoms with Gasteiger partial charge in [0.05, 0.1) is 0 Å². The predicted molar refractivity (Wildman–Crippen MR) is 94.2 cm³/mol. The molecule has 1 N–H and O–H groups in total. The van der Waals surface area contributed by atoms with E-state index in [0.29, 0.717) is 17.8 Å². The lowest BCUT2D eigenvalue weighted by molar-refractivity contribution is -0.125. The summed E-state index contributed by atoms with van der Waals surface area (Å²) in [5.41, 5.74) is 1.78. The van der Waals surface area contributed by atoms with E-state index in [1.807, 2.05) is 37.3 Å². The molecule has 0 aromatic heterocycles. The van der Waals surface area contributed by atoms with Gasteiger partial charge in [-0.15, -0.1) is 0 Å². The molecule has 0 aliphatic rings. The number of carbonyl (C=O) groups excluding carboxylic acids is 3. The Labute approximate surface area is 141 Å². The van der Waals surface area contributed by atoms with Gasteiger partial charge in [-0.2, -0.15) is 0 Å². The standard InChI is InChI=1S/C19H20N2O3/c1-3-21(17-10-5-4-6-11-17)19(24)13-18(23)20-16-9-7-8-15(12-16)14(2)22/h4-12H,3,13H2,1-2H3,(H,20,23). The van der Waals surface area contributed by atoms with Crippen LogP contribution in [0.1, 0.15) is 30.6 Å². The number of nitrogens with zero attached hydrogens (tertiary/aromatic N) is 1. The smallest absolute Gasteiger partial charge is 0.236 e. The maximum atomic E-state index is 12.4. The molecule has 5 nitrogen and oxygen atoms in total. The first kappa shape index (κ1) is 17.4. The van der Waals surface area contributed by atoms with Crippen LogP contribution in [-0.4, -0.2) is 24.1 Å². The summed E-state index contributed by atoms with van der Waals surface area (Å²) in [4.78, 5) is 37.4. The van der Waals surface area contributed by atoms with E-state index in [2.05, 4.69) is 5.32 Å². The number of carbonyl (C=O) groups is 3. The number of ketones is 1. The molecule has 0 fully saturated rings. The molecule has 2 aromatic carbocycles. The molecule has 0 aliphatic carbocycles. The zero-order valence-corrected chi connectivity index (χ0v) is 13.8. The first-order valence-electron chi connectivity index (χ1n) is 7.77. The minimum absolute atomic E-state index is 0.0802. The summed E-state index contributed by atoms with van der Waals surface area (Å²) in [6.45, 7) is 3.80. The minimum Gasteiger partial charge on any atom is -0.326 e. The number of para-hydroxylation sites is 1. The van der Waals surface area contributed by atoms with Crippen molar-refractivity contribution in [1.82, 2.24) is 0 Å². The van der Waals surface area contributed by atoms with Gasteiger partial charge in [0.15, 0.2) is 5.78 Å². The lowest BCUT2D eigenvalue weighted by Crippen LogP contribution is -2.33. The van der Waals surface area contributed by atoms with Crippen LogP contribution in [0.4, 0.5) is 11.4 Å². The average molecular weight is 324 g/mol. The fourth-order valence-electron chi connectivity index (χ4n) is 2.36. The van der Waals surface area contributed by atoms with Crippen LogP contribution in [0.5, 0.6) is 0 Å². The summed E-state index contributed by atoms with van der Waals surface area (Å²) in [6.07, 6.45) is -0.257. The first-order valence-corrected chi connectivity index (χ1v) is 7.77. The van der Waals surface area contributed by atoms with Gasteiger partial charge >= 0.3 is 0 Å². The monoisotopic (exact) mass is 324 g/mol. The Balaban J connectivity index is 2.02. The van der Waals surface area contributed by atoms with E-state index in [-0.39, 0.29) is 18.1 Å². The van der Waals surface area contributed by atoms with Crippen molar-refractivity contribution in [3.05, 3.63) is 60.2 Å². The number of rotatable bonds is 6. The Kier molecular flexibility index (Phi) is 5.84. The second kappa shape index (κ2) is 8.06. The average Bonchev–Trinajstić information content (AvgIpc) is 2.56. The highest BCUT2D eigenvalue weighted by atomic mass is 16.2. The van der Waals surface area contributed by atoms with Crippen LogP contribution in [0, 0.1) is 0 Å². The van der Waals surface area contributed by atoms with E-state index in [0.717, 1.165) is 5.69 Å². The molecule has 5 heteroatoms. The third-order valence-corrected chi connectivity index (χ3v) is 3.55. The first-order chi connectivity index (χ1) is 11.5. The maximum absolute atomic E-state index is 12.4. The summed E-state index contributed by atoms with van der Waals surface area (Å²) in [7, 11) is 0. The molecule has 0 saturated heterocycles. The second-order valence-corrected chi connectivity index (χ2v) is 5.34. The number of nitrogens with one attached hydrogen (secondary N) is 1. The minimum atomic E-state index is -0.407. The molecule has 2 aromatic rings. The van der Waals surface area contributed by atoms with Gasteiger partial charge in [0.2, 0.25) is 11.8 Å². The van der Waals surface area contributed by atoms with Gasteiger partial charge in [-0.25, -0.2) is 0 Å². The summed E-state index contributed by atoms with van der Waals surface area (Å²) in [5, 5.41) is 2.66. The predicted octanol–water partition coefficient (Wildman–Crippen LogP) is 3.27. The van der Waals surface area contributed by atoms with Crippen molar-refractivity contribution in [2.45, 2.75) is 20.3 Å². The van der Waals surface area contributed by atoms with E-state index in [9.17, 15) is 14.4 Å². The number of amides is 2. The second-order valence-electron chi connectivity index (χ2n) is 5.34. The number of hydrogen-bond donors (Lipinski definition) is 1. The molecule has 0 spiro atoms. The lowest BCUT2D eigenvalue weighted by atomic mass is 10.1. The topological polar surface area (TPSA) is 66.5 Å². The molecule has 2 amide bonds. The van der Waals surface area contributed by atoms with Crippen LogP contribution < -0.4 is 10.2 Å². The number of hydrogen-bond acceptors (Lipinski definition) is 3. The zero-order valence-electron chi connectivity index (χ0n) is 13.8. The van der Waals surface area contributed by atoms with E-state index < -0.39 is 5.91 Å². The maximum Gasteiger partial charge on any atom is 0.236 e. The molecular weight excluding hydrogens is 304 g/mol.